The number of aryl methyl sites for hydroxylation is 1. The van der Waals surface area contributed by atoms with Crippen LogP contribution in [0.4, 0.5) is 5.82 Å². The molecule has 0 bridgehead atoms. The molecule has 1 aromatic heterocycles. The van der Waals surface area contributed by atoms with Gasteiger partial charge in [0.15, 0.2) is 12.4 Å². The molecular formula is C24H28N4O3. The molecule has 1 aromatic carbocycles. The van der Waals surface area contributed by atoms with E-state index in [2.05, 4.69) is 0 Å². The number of para-hydroxylation sites is 1. The summed E-state index contributed by atoms with van der Waals surface area (Å²) in [5.41, 5.74) is 1.79. The van der Waals surface area contributed by atoms with Crippen molar-refractivity contribution < 1.29 is 14.3 Å². The average Bonchev–Trinajstić information content (AvgIpc) is 3.56. The van der Waals surface area contributed by atoms with Gasteiger partial charge in [-0.15, -0.1) is 0 Å². The molecule has 3 heterocycles. The fraction of sp³-hybridized carbons (Fsp3) is 0.500. The van der Waals surface area contributed by atoms with E-state index in [0.717, 1.165) is 42.9 Å². The van der Waals surface area contributed by atoms with Crippen LogP contribution in [0.3, 0.4) is 0 Å². The van der Waals surface area contributed by atoms with Gasteiger partial charge in [-0.3, -0.25) is 14.5 Å². The van der Waals surface area contributed by atoms with E-state index in [-0.39, 0.29) is 24.5 Å². The fourth-order valence-electron chi connectivity index (χ4n) is 4.54. The number of fused-ring (bicyclic) bond motifs is 1. The number of piperidine rings is 1. The van der Waals surface area contributed by atoms with Crippen molar-refractivity contribution in [3.05, 3.63) is 47.4 Å². The van der Waals surface area contributed by atoms with Crippen molar-refractivity contribution in [1.29, 1.82) is 0 Å². The first-order valence-electron chi connectivity index (χ1n) is 11.2. The minimum absolute atomic E-state index is 0.00325. The van der Waals surface area contributed by atoms with Crippen molar-refractivity contribution in [2.24, 2.45) is 5.92 Å². The molecule has 1 saturated heterocycles. The third kappa shape index (κ3) is 4.13. The fourth-order valence-corrected chi connectivity index (χ4v) is 4.54. The second-order valence-electron chi connectivity index (χ2n) is 8.79. The van der Waals surface area contributed by atoms with Crippen molar-refractivity contribution in [2.45, 2.75) is 51.5 Å². The van der Waals surface area contributed by atoms with E-state index < -0.39 is 0 Å². The molecule has 0 radical (unpaired) electrons. The molecule has 3 aliphatic rings. The number of nitrogens with zero attached hydrogens (tertiary/aromatic N) is 4. The smallest absolute Gasteiger partial charge is 0.261 e. The highest BCUT2D eigenvalue weighted by Crippen LogP contribution is 2.37. The second-order valence-corrected chi connectivity index (χ2v) is 8.79. The highest BCUT2D eigenvalue weighted by molar-refractivity contribution is 6.00. The molecule has 1 aliphatic carbocycles. The van der Waals surface area contributed by atoms with Crippen LogP contribution in [0.1, 0.15) is 55.2 Å². The average molecular weight is 421 g/mol. The molecule has 5 rings (SSSR count). The Hall–Kier alpha value is -2.96. The van der Waals surface area contributed by atoms with Gasteiger partial charge in [0, 0.05) is 24.3 Å². The topological polar surface area (TPSA) is 75.6 Å². The molecule has 1 atom stereocenters. The van der Waals surface area contributed by atoms with Gasteiger partial charge in [0.25, 0.3) is 5.91 Å². The lowest BCUT2D eigenvalue weighted by molar-refractivity contribution is -0.137. The van der Waals surface area contributed by atoms with Gasteiger partial charge in [0.05, 0.1) is 12.5 Å². The van der Waals surface area contributed by atoms with Gasteiger partial charge in [-0.25, -0.2) is 9.97 Å². The van der Waals surface area contributed by atoms with Crippen LogP contribution < -0.4 is 9.64 Å². The maximum Gasteiger partial charge on any atom is 0.261 e. The molecule has 0 unspecified atom stereocenters. The maximum absolute atomic E-state index is 13.0. The molecule has 1 saturated carbocycles. The zero-order chi connectivity index (χ0) is 21.4. The van der Waals surface area contributed by atoms with E-state index in [1.54, 1.807) is 0 Å². The predicted octanol–water partition coefficient (Wildman–Crippen LogP) is 3.22. The van der Waals surface area contributed by atoms with Gasteiger partial charge >= 0.3 is 0 Å². The first kappa shape index (κ1) is 20.0. The first-order valence-corrected chi connectivity index (χ1v) is 11.2. The molecule has 2 aromatic rings. The predicted molar refractivity (Wildman–Crippen MR) is 116 cm³/mol. The molecule has 2 fully saturated rings. The van der Waals surface area contributed by atoms with E-state index >= 15 is 0 Å². The molecule has 0 spiro atoms. The minimum Gasteiger partial charge on any atom is -0.484 e. The van der Waals surface area contributed by atoms with Gasteiger partial charge in [-0.1, -0.05) is 18.2 Å². The van der Waals surface area contributed by atoms with E-state index in [0.29, 0.717) is 30.5 Å². The van der Waals surface area contributed by atoms with Gasteiger partial charge in [0.2, 0.25) is 5.91 Å². The molecule has 31 heavy (non-hydrogen) atoms. The number of hydrogen-bond donors (Lipinski definition) is 0. The summed E-state index contributed by atoms with van der Waals surface area (Å²) in [5.74, 6) is 2.75. The van der Waals surface area contributed by atoms with Crippen molar-refractivity contribution in [3.8, 4) is 5.75 Å². The van der Waals surface area contributed by atoms with Crippen molar-refractivity contribution in [2.75, 3.05) is 24.6 Å². The summed E-state index contributed by atoms with van der Waals surface area (Å²) in [7, 11) is 0. The maximum atomic E-state index is 13.0. The van der Waals surface area contributed by atoms with Crippen molar-refractivity contribution in [3.63, 3.8) is 0 Å². The molecule has 0 N–H and O–H groups in total. The Labute approximate surface area is 182 Å². The quantitative estimate of drug-likeness (QED) is 0.717. The van der Waals surface area contributed by atoms with E-state index in [1.807, 2.05) is 47.1 Å². The van der Waals surface area contributed by atoms with Crippen LogP contribution in [0.25, 0.3) is 0 Å². The number of ether oxygens (including phenoxy) is 1. The van der Waals surface area contributed by atoms with E-state index in [1.165, 1.54) is 12.8 Å². The summed E-state index contributed by atoms with van der Waals surface area (Å²) < 4.78 is 5.70. The van der Waals surface area contributed by atoms with Crippen LogP contribution in [0, 0.1) is 12.8 Å². The number of carbonyl (C=O) groups is 2. The summed E-state index contributed by atoms with van der Waals surface area (Å²) in [6.07, 6.45) is 5.56. The van der Waals surface area contributed by atoms with Crippen LogP contribution >= 0.6 is 0 Å². The molecule has 2 amide bonds. The number of rotatable bonds is 6. The van der Waals surface area contributed by atoms with Crippen LogP contribution in [0.15, 0.2) is 30.3 Å². The standard InChI is InChI=1S/C24H28N4O3/c1-16-19-13-21(29)28(14-17-10-11-17)24(19)26-23(25-16)20-9-5-6-12-27(20)22(30)15-31-18-7-3-2-4-8-18/h2-4,7-8,17,20H,5-6,9-15H2,1H3/t20-/m0/s1. The summed E-state index contributed by atoms with van der Waals surface area (Å²) >= 11 is 0. The summed E-state index contributed by atoms with van der Waals surface area (Å²) in [6, 6.07) is 9.21. The Balaban J connectivity index is 1.37. The largest absolute Gasteiger partial charge is 0.484 e. The number of aromatic nitrogens is 2. The molecule has 7 heteroatoms. The number of likely N-dealkylation sites (tertiary alicyclic amines) is 1. The number of hydrogen-bond acceptors (Lipinski definition) is 5. The lowest BCUT2D eigenvalue weighted by Crippen LogP contribution is -2.42. The first-order chi connectivity index (χ1) is 15.1. The summed E-state index contributed by atoms with van der Waals surface area (Å²) in [4.78, 5) is 39.0. The number of benzene rings is 1. The van der Waals surface area contributed by atoms with E-state index in [4.69, 9.17) is 14.7 Å². The van der Waals surface area contributed by atoms with Gasteiger partial charge in [-0.2, -0.15) is 0 Å². The van der Waals surface area contributed by atoms with Crippen LogP contribution in [-0.2, 0) is 16.0 Å². The Kier molecular flexibility index (Phi) is 5.34. The second kappa shape index (κ2) is 8.29. The Morgan fingerprint density at radius 2 is 1.94 bits per heavy atom. The van der Waals surface area contributed by atoms with Crippen LogP contribution in [0.2, 0.25) is 0 Å². The highest BCUT2D eigenvalue weighted by Gasteiger charge is 2.37. The van der Waals surface area contributed by atoms with Gasteiger partial charge in [-0.05, 0) is 57.1 Å². The van der Waals surface area contributed by atoms with Gasteiger partial charge < -0.3 is 9.64 Å². The Bertz CT molecular complexity index is 990. The Morgan fingerprint density at radius 3 is 2.71 bits per heavy atom. The number of anilines is 1. The molecular weight excluding hydrogens is 392 g/mol. The zero-order valence-corrected chi connectivity index (χ0v) is 17.9. The van der Waals surface area contributed by atoms with Crippen molar-refractivity contribution >= 4 is 17.6 Å². The summed E-state index contributed by atoms with van der Waals surface area (Å²) in [5, 5.41) is 0. The molecule has 2 aliphatic heterocycles. The normalized spacial score (nSPS) is 20.7. The molecule has 7 nitrogen and oxygen atoms in total. The Morgan fingerprint density at radius 1 is 1.13 bits per heavy atom. The van der Waals surface area contributed by atoms with E-state index in [9.17, 15) is 9.59 Å². The van der Waals surface area contributed by atoms with Crippen LogP contribution in [0.5, 0.6) is 5.75 Å². The van der Waals surface area contributed by atoms with Crippen LogP contribution in [-0.4, -0.2) is 46.4 Å². The number of amides is 2. The lowest BCUT2D eigenvalue weighted by atomic mass is 10.0. The van der Waals surface area contributed by atoms with Crippen molar-refractivity contribution in [1.82, 2.24) is 14.9 Å². The molecule has 162 valence electrons. The van der Waals surface area contributed by atoms with Gasteiger partial charge in [0.1, 0.15) is 11.6 Å². The lowest BCUT2D eigenvalue weighted by Gasteiger charge is -2.35. The zero-order valence-electron chi connectivity index (χ0n) is 17.9. The minimum atomic E-state index is -0.178. The third-order valence-electron chi connectivity index (χ3n) is 6.46. The SMILES string of the molecule is Cc1nc([C@@H]2CCCCN2C(=O)COc2ccccc2)nc2c1CC(=O)N2CC1CC1. The number of carbonyl (C=O) groups excluding carboxylic acids is 2. The monoisotopic (exact) mass is 420 g/mol. The summed E-state index contributed by atoms with van der Waals surface area (Å²) in [6.45, 7) is 3.37. The third-order valence-corrected chi connectivity index (χ3v) is 6.46. The highest BCUT2D eigenvalue weighted by atomic mass is 16.5.